The lowest BCUT2D eigenvalue weighted by Crippen LogP contribution is -2.39. The van der Waals surface area contributed by atoms with Crippen LogP contribution < -0.4 is 5.32 Å². The smallest absolute Gasteiger partial charge is 0.245 e. The normalized spacial score (nSPS) is 13.7. The van der Waals surface area contributed by atoms with Crippen LogP contribution in [0, 0.1) is 18.7 Å². The third kappa shape index (κ3) is 5.60. The SMILES string of the molecule is Cc1nnnn1C(Cc1cccc(F)c1)C(=O)NCC(O)CC(C)C. The molecule has 25 heavy (non-hydrogen) atoms. The van der Waals surface area contributed by atoms with Gasteiger partial charge >= 0.3 is 0 Å². The van der Waals surface area contributed by atoms with Gasteiger partial charge in [-0.15, -0.1) is 5.10 Å². The van der Waals surface area contributed by atoms with Gasteiger partial charge in [0.15, 0.2) is 0 Å². The number of tetrazole rings is 1. The fraction of sp³-hybridized carbons (Fsp3) is 0.529. The second-order valence-electron chi connectivity index (χ2n) is 6.55. The van der Waals surface area contributed by atoms with Crippen molar-refractivity contribution in [2.24, 2.45) is 5.92 Å². The Morgan fingerprint density at radius 2 is 2.16 bits per heavy atom. The van der Waals surface area contributed by atoms with Crippen LogP contribution in [0.2, 0.25) is 0 Å². The predicted molar refractivity (Wildman–Crippen MR) is 90.2 cm³/mol. The summed E-state index contributed by atoms with van der Waals surface area (Å²) in [5.74, 6) is 0.135. The quantitative estimate of drug-likeness (QED) is 0.752. The van der Waals surface area contributed by atoms with Crippen molar-refractivity contribution in [1.82, 2.24) is 25.5 Å². The van der Waals surface area contributed by atoms with E-state index >= 15 is 0 Å². The number of aromatic nitrogens is 4. The highest BCUT2D eigenvalue weighted by molar-refractivity contribution is 5.80. The Kier molecular flexibility index (Phi) is 6.58. The summed E-state index contributed by atoms with van der Waals surface area (Å²) in [5, 5.41) is 23.9. The Hall–Kier alpha value is -2.35. The van der Waals surface area contributed by atoms with Crippen LogP contribution in [0.4, 0.5) is 4.39 Å². The molecular formula is C17H24FN5O2. The van der Waals surface area contributed by atoms with Crippen LogP contribution in [-0.4, -0.2) is 43.9 Å². The van der Waals surface area contributed by atoms with Crippen molar-refractivity contribution in [2.45, 2.75) is 45.8 Å². The molecule has 0 spiro atoms. The number of benzene rings is 1. The Morgan fingerprint density at radius 1 is 1.40 bits per heavy atom. The average molecular weight is 349 g/mol. The second-order valence-corrected chi connectivity index (χ2v) is 6.55. The molecule has 0 saturated heterocycles. The zero-order chi connectivity index (χ0) is 18.4. The number of hydrogen-bond donors (Lipinski definition) is 2. The van der Waals surface area contributed by atoms with Gasteiger partial charge in [-0.25, -0.2) is 9.07 Å². The first-order valence-electron chi connectivity index (χ1n) is 8.31. The molecule has 136 valence electrons. The number of amides is 1. The van der Waals surface area contributed by atoms with Crippen molar-refractivity contribution >= 4 is 5.91 Å². The van der Waals surface area contributed by atoms with E-state index < -0.39 is 12.1 Å². The maximum Gasteiger partial charge on any atom is 0.245 e. The minimum Gasteiger partial charge on any atom is -0.391 e. The van der Waals surface area contributed by atoms with Crippen LogP contribution in [0.25, 0.3) is 0 Å². The molecule has 0 saturated carbocycles. The number of aliphatic hydroxyl groups is 1. The Bertz CT molecular complexity index is 704. The van der Waals surface area contributed by atoms with Crippen LogP contribution >= 0.6 is 0 Å². The first-order valence-corrected chi connectivity index (χ1v) is 8.31. The minimum atomic E-state index is -0.719. The summed E-state index contributed by atoms with van der Waals surface area (Å²) in [6, 6.07) is 5.36. The summed E-state index contributed by atoms with van der Waals surface area (Å²) in [6.45, 7) is 5.85. The second kappa shape index (κ2) is 8.66. The zero-order valence-electron chi connectivity index (χ0n) is 14.7. The van der Waals surface area contributed by atoms with Gasteiger partial charge in [0.2, 0.25) is 5.91 Å². The van der Waals surface area contributed by atoms with Gasteiger partial charge in [-0.3, -0.25) is 4.79 Å². The summed E-state index contributed by atoms with van der Waals surface area (Å²) >= 11 is 0. The third-order valence-electron chi connectivity index (χ3n) is 3.83. The first kappa shape index (κ1) is 19.0. The van der Waals surface area contributed by atoms with Gasteiger partial charge in [0.05, 0.1) is 6.10 Å². The highest BCUT2D eigenvalue weighted by Gasteiger charge is 2.25. The van der Waals surface area contributed by atoms with E-state index in [1.54, 1.807) is 19.1 Å². The number of carbonyl (C=O) groups excluding carboxylic acids is 1. The van der Waals surface area contributed by atoms with E-state index in [0.717, 1.165) is 0 Å². The van der Waals surface area contributed by atoms with Crippen molar-refractivity contribution in [1.29, 1.82) is 0 Å². The number of hydrogen-bond acceptors (Lipinski definition) is 5. The lowest BCUT2D eigenvalue weighted by atomic mass is 10.0. The molecule has 2 rings (SSSR count). The molecule has 0 fully saturated rings. The lowest BCUT2D eigenvalue weighted by Gasteiger charge is -2.19. The van der Waals surface area contributed by atoms with Crippen LogP contribution in [0.3, 0.4) is 0 Å². The first-order chi connectivity index (χ1) is 11.9. The number of carbonyl (C=O) groups is 1. The highest BCUT2D eigenvalue weighted by atomic mass is 19.1. The summed E-state index contributed by atoms with van der Waals surface area (Å²) in [4.78, 5) is 12.6. The molecule has 2 aromatic rings. The van der Waals surface area contributed by atoms with Gasteiger partial charge in [0, 0.05) is 13.0 Å². The van der Waals surface area contributed by atoms with Gasteiger partial charge in [0.25, 0.3) is 0 Å². The fourth-order valence-electron chi connectivity index (χ4n) is 2.67. The van der Waals surface area contributed by atoms with E-state index in [0.29, 0.717) is 23.7 Å². The maximum absolute atomic E-state index is 13.4. The monoisotopic (exact) mass is 349 g/mol. The Labute approximate surface area is 146 Å². The van der Waals surface area contributed by atoms with Crippen molar-refractivity contribution in [2.75, 3.05) is 6.54 Å². The van der Waals surface area contributed by atoms with Crippen LogP contribution in [0.5, 0.6) is 0 Å². The minimum absolute atomic E-state index is 0.151. The zero-order valence-corrected chi connectivity index (χ0v) is 14.7. The largest absolute Gasteiger partial charge is 0.391 e. The molecule has 1 amide bonds. The topological polar surface area (TPSA) is 92.9 Å². The fourth-order valence-corrected chi connectivity index (χ4v) is 2.67. The van der Waals surface area contributed by atoms with Gasteiger partial charge < -0.3 is 10.4 Å². The van der Waals surface area contributed by atoms with Crippen LogP contribution in [0.1, 0.15) is 37.7 Å². The van der Waals surface area contributed by atoms with Gasteiger partial charge in [0.1, 0.15) is 17.7 Å². The van der Waals surface area contributed by atoms with E-state index in [2.05, 4.69) is 20.8 Å². The molecule has 0 aliphatic carbocycles. The van der Waals surface area contributed by atoms with Crippen molar-refractivity contribution in [3.05, 3.63) is 41.5 Å². The summed E-state index contributed by atoms with van der Waals surface area (Å²) in [6.07, 6.45) is 0.225. The van der Waals surface area contributed by atoms with Crippen molar-refractivity contribution in [3.8, 4) is 0 Å². The number of nitrogens with one attached hydrogen (secondary N) is 1. The molecule has 2 N–H and O–H groups in total. The maximum atomic E-state index is 13.4. The highest BCUT2D eigenvalue weighted by Crippen LogP contribution is 2.16. The molecule has 8 heteroatoms. The van der Waals surface area contributed by atoms with E-state index in [4.69, 9.17) is 0 Å². The van der Waals surface area contributed by atoms with Gasteiger partial charge in [-0.1, -0.05) is 26.0 Å². The lowest BCUT2D eigenvalue weighted by molar-refractivity contribution is -0.125. The van der Waals surface area contributed by atoms with Crippen molar-refractivity contribution in [3.63, 3.8) is 0 Å². The third-order valence-corrected chi connectivity index (χ3v) is 3.83. The molecule has 1 heterocycles. The molecule has 1 aromatic heterocycles. The number of aliphatic hydroxyl groups excluding tert-OH is 1. The Morgan fingerprint density at radius 3 is 2.76 bits per heavy atom. The predicted octanol–water partition coefficient (Wildman–Crippen LogP) is 1.43. The number of nitrogens with zero attached hydrogens (tertiary/aromatic N) is 4. The van der Waals surface area contributed by atoms with E-state index in [-0.39, 0.29) is 24.7 Å². The van der Waals surface area contributed by atoms with E-state index in [1.807, 2.05) is 13.8 Å². The number of aryl methyl sites for hydroxylation is 1. The summed E-state index contributed by atoms with van der Waals surface area (Å²) in [7, 11) is 0. The number of rotatable bonds is 8. The summed E-state index contributed by atoms with van der Waals surface area (Å²) < 4.78 is 14.8. The van der Waals surface area contributed by atoms with Crippen molar-refractivity contribution < 1.29 is 14.3 Å². The molecule has 0 bridgehead atoms. The molecular weight excluding hydrogens is 325 g/mol. The Balaban J connectivity index is 2.12. The summed E-state index contributed by atoms with van der Waals surface area (Å²) in [5.41, 5.74) is 0.665. The molecule has 1 aromatic carbocycles. The van der Waals surface area contributed by atoms with Gasteiger partial charge in [-0.2, -0.15) is 0 Å². The standard InChI is InChI=1S/C17H24FN5O2/c1-11(2)7-15(24)10-19-17(25)16(23-12(3)20-21-22-23)9-13-5-4-6-14(18)8-13/h4-6,8,11,15-16,24H,7,9-10H2,1-3H3,(H,19,25). The van der Waals surface area contributed by atoms with E-state index in [9.17, 15) is 14.3 Å². The molecule has 2 unspecified atom stereocenters. The average Bonchev–Trinajstić information content (AvgIpc) is 2.95. The molecule has 0 aliphatic heterocycles. The molecule has 7 nitrogen and oxygen atoms in total. The number of halogens is 1. The van der Waals surface area contributed by atoms with Gasteiger partial charge in [-0.05, 0) is 47.4 Å². The van der Waals surface area contributed by atoms with E-state index in [1.165, 1.54) is 16.8 Å². The molecule has 2 atom stereocenters. The molecule has 0 aliphatic rings. The molecule has 0 radical (unpaired) electrons. The van der Waals surface area contributed by atoms with Crippen LogP contribution in [-0.2, 0) is 11.2 Å². The van der Waals surface area contributed by atoms with Crippen LogP contribution in [0.15, 0.2) is 24.3 Å².